The number of nitrogens with one attached hydrogen (secondary N) is 1. The molecule has 0 bridgehead atoms. The van der Waals surface area contributed by atoms with Gasteiger partial charge in [-0.05, 0) is 62.5 Å². The lowest BCUT2D eigenvalue weighted by Crippen LogP contribution is -2.29. The highest BCUT2D eigenvalue weighted by Crippen LogP contribution is 2.54. The van der Waals surface area contributed by atoms with Crippen LogP contribution in [0.3, 0.4) is 0 Å². The van der Waals surface area contributed by atoms with E-state index in [-0.39, 0.29) is 5.04 Å². The number of unbranched alkanes of at least 4 members (excludes halogenated alkanes) is 1. The molecule has 0 amide bonds. The molecule has 2 heteroatoms. The Balaban J connectivity index is 2.25. The molecule has 23 heavy (non-hydrogen) atoms. The van der Waals surface area contributed by atoms with Crippen molar-refractivity contribution in [3.63, 3.8) is 0 Å². The van der Waals surface area contributed by atoms with E-state index in [4.69, 9.17) is 0 Å². The normalized spacial score (nSPS) is 21.6. The Bertz CT molecular complexity index is 622. The third kappa shape index (κ3) is 3.33. The van der Waals surface area contributed by atoms with Gasteiger partial charge in [-0.15, -0.1) is 0 Å². The van der Waals surface area contributed by atoms with E-state index in [0.717, 1.165) is 0 Å². The maximum Gasteiger partial charge on any atom is 0.0494 e. The Morgan fingerprint density at radius 2 is 1.61 bits per heavy atom. The van der Waals surface area contributed by atoms with Crippen LogP contribution in [-0.2, 0) is 6.42 Å². The minimum Gasteiger partial charge on any atom is -0.358 e. The predicted octanol–water partition coefficient (Wildman–Crippen LogP) is 6.31. The quantitative estimate of drug-likeness (QED) is 0.603. The number of aryl methyl sites for hydroxylation is 1. The molecule has 0 heterocycles. The lowest BCUT2D eigenvalue weighted by atomic mass is 10.0. The van der Waals surface area contributed by atoms with E-state index in [2.05, 4.69) is 77.3 Å². The fraction of sp³-hybridized carbons (Fsp3) is 0.524. The second-order valence-electron chi connectivity index (χ2n) is 7.53. The van der Waals surface area contributed by atoms with Crippen LogP contribution in [-0.4, -0.2) is 8.80 Å². The number of allylic oxidation sites excluding steroid dienone is 3. The third-order valence-corrected chi connectivity index (χ3v) is 9.03. The van der Waals surface area contributed by atoms with Crippen molar-refractivity contribution >= 4 is 14.5 Å². The van der Waals surface area contributed by atoms with E-state index in [9.17, 15) is 0 Å². The van der Waals surface area contributed by atoms with E-state index in [1.807, 2.05) is 0 Å². The Labute approximate surface area is 144 Å². The van der Waals surface area contributed by atoms with Gasteiger partial charge in [0.15, 0.2) is 0 Å². The maximum atomic E-state index is 3.78. The Morgan fingerprint density at radius 3 is 2.13 bits per heavy atom. The van der Waals surface area contributed by atoms with Crippen LogP contribution in [0.2, 0.25) is 18.1 Å². The van der Waals surface area contributed by atoms with Crippen molar-refractivity contribution in [1.82, 2.24) is 0 Å². The number of anilines is 1. The van der Waals surface area contributed by atoms with Crippen molar-refractivity contribution in [2.75, 3.05) is 5.32 Å². The summed E-state index contributed by atoms with van der Waals surface area (Å²) in [6, 6.07) is 9.05. The van der Waals surface area contributed by atoms with Gasteiger partial charge in [0.25, 0.3) is 0 Å². The van der Waals surface area contributed by atoms with Gasteiger partial charge in [-0.1, -0.05) is 51.1 Å². The van der Waals surface area contributed by atoms with E-state index >= 15 is 0 Å². The van der Waals surface area contributed by atoms with Gasteiger partial charge < -0.3 is 5.32 Å². The largest absolute Gasteiger partial charge is 0.358 e. The lowest BCUT2D eigenvalue weighted by Gasteiger charge is -2.35. The van der Waals surface area contributed by atoms with Crippen LogP contribution < -0.4 is 5.32 Å². The van der Waals surface area contributed by atoms with E-state index in [1.165, 1.54) is 47.4 Å². The SMILES string of the molecule is CCCCc1ccc(NC2=C(C)C(C)=C(C)C2(C)[SiH](C)C)cc1. The molecule has 0 aliphatic heterocycles. The summed E-state index contributed by atoms with van der Waals surface area (Å²) in [6.45, 7) is 16.5. The molecule has 1 nitrogen and oxygen atoms in total. The Hall–Kier alpha value is -1.28. The highest BCUT2D eigenvalue weighted by molar-refractivity contribution is 6.61. The van der Waals surface area contributed by atoms with E-state index in [0.29, 0.717) is 0 Å². The number of benzene rings is 1. The molecule has 0 saturated carbocycles. The molecule has 126 valence electrons. The molecule has 2 rings (SSSR count). The molecule has 0 saturated heterocycles. The first kappa shape index (κ1) is 18.1. The molecular formula is C21H33NSi. The maximum absolute atomic E-state index is 3.78. The van der Waals surface area contributed by atoms with Crippen LogP contribution >= 0.6 is 0 Å². The second kappa shape index (κ2) is 7.08. The molecule has 1 N–H and O–H groups in total. The monoisotopic (exact) mass is 327 g/mol. The first-order valence-electron chi connectivity index (χ1n) is 9.08. The summed E-state index contributed by atoms with van der Waals surface area (Å²) in [5.41, 5.74) is 8.61. The summed E-state index contributed by atoms with van der Waals surface area (Å²) in [4.78, 5) is 0. The zero-order valence-corrected chi connectivity index (χ0v) is 17.2. The van der Waals surface area contributed by atoms with Crippen LogP contribution in [0.15, 0.2) is 46.7 Å². The van der Waals surface area contributed by atoms with Gasteiger partial charge in [0.05, 0.1) is 0 Å². The van der Waals surface area contributed by atoms with Crippen molar-refractivity contribution in [2.24, 2.45) is 0 Å². The van der Waals surface area contributed by atoms with Crippen LogP contribution in [0.5, 0.6) is 0 Å². The van der Waals surface area contributed by atoms with Crippen molar-refractivity contribution < 1.29 is 0 Å². The molecule has 0 fully saturated rings. The van der Waals surface area contributed by atoms with Crippen molar-refractivity contribution in [2.45, 2.75) is 72.0 Å². The van der Waals surface area contributed by atoms with Gasteiger partial charge in [0.2, 0.25) is 0 Å². The summed E-state index contributed by atoms with van der Waals surface area (Å²) < 4.78 is 0. The minimum atomic E-state index is -0.875. The van der Waals surface area contributed by atoms with Gasteiger partial charge in [-0.3, -0.25) is 0 Å². The van der Waals surface area contributed by atoms with Gasteiger partial charge in [-0.2, -0.15) is 0 Å². The van der Waals surface area contributed by atoms with Gasteiger partial charge >= 0.3 is 0 Å². The molecule has 1 aliphatic rings. The van der Waals surface area contributed by atoms with Crippen molar-refractivity contribution in [3.05, 3.63) is 52.2 Å². The van der Waals surface area contributed by atoms with Crippen LogP contribution in [0.1, 0.15) is 53.0 Å². The second-order valence-corrected chi connectivity index (χ2v) is 11.0. The van der Waals surface area contributed by atoms with Crippen molar-refractivity contribution in [1.29, 1.82) is 0 Å². The predicted molar refractivity (Wildman–Crippen MR) is 107 cm³/mol. The standard InChI is InChI=1S/C21H33NSi/c1-8-9-10-18-11-13-19(14-12-18)22-20-16(3)15(2)17(4)21(20,5)23(6)7/h11-14,22-23H,8-10H2,1-7H3. The van der Waals surface area contributed by atoms with Crippen LogP contribution in [0.25, 0.3) is 0 Å². The van der Waals surface area contributed by atoms with Crippen LogP contribution in [0.4, 0.5) is 5.69 Å². The first-order chi connectivity index (χ1) is 10.8. The summed E-state index contributed by atoms with van der Waals surface area (Å²) >= 11 is 0. The molecular weight excluding hydrogens is 294 g/mol. The summed E-state index contributed by atoms with van der Waals surface area (Å²) in [6.07, 6.45) is 3.72. The summed E-state index contributed by atoms with van der Waals surface area (Å²) in [5, 5.41) is 4.02. The summed E-state index contributed by atoms with van der Waals surface area (Å²) in [5.74, 6) is 0. The highest BCUT2D eigenvalue weighted by Gasteiger charge is 2.41. The van der Waals surface area contributed by atoms with Gasteiger partial charge in [0, 0.05) is 25.2 Å². The average Bonchev–Trinajstić information content (AvgIpc) is 2.70. The summed E-state index contributed by atoms with van der Waals surface area (Å²) in [7, 11) is -0.875. The lowest BCUT2D eigenvalue weighted by molar-refractivity contribution is 0.795. The Kier molecular flexibility index (Phi) is 5.56. The van der Waals surface area contributed by atoms with E-state index in [1.54, 1.807) is 5.57 Å². The Morgan fingerprint density at radius 1 is 1.00 bits per heavy atom. The molecule has 1 aromatic carbocycles. The molecule has 1 aromatic rings. The van der Waals surface area contributed by atoms with Gasteiger partial charge in [-0.25, -0.2) is 0 Å². The molecule has 0 radical (unpaired) electrons. The third-order valence-electron chi connectivity index (χ3n) is 6.00. The number of rotatable bonds is 6. The molecule has 1 unspecified atom stereocenters. The molecule has 1 aliphatic carbocycles. The topological polar surface area (TPSA) is 12.0 Å². The minimum absolute atomic E-state index is 0.245. The zero-order chi connectivity index (χ0) is 17.2. The smallest absolute Gasteiger partial charge is 0.0494 e. The fourth-order valence-corrected chi connectivity index (χ4v) is 5.61. The van der Waals surface area contributed by atoms with E-state index < -0.39 is 8.80 Å². The highest BCUT2D eigenvalue weighted by atomic mass is 28.3. The molecule has 0 spiro atoms. The fourth-order valence-electron chi connectivity index (χ4n) is 3.66. The van der Waals surface area contributed by atoms with Gasteiger partial charge in [0.1, 0.15) is 0 Å². The van der Waals surface area contributed by atoms with Crippen LogP contribution in [0, 0.1) is 0 Å². The zero-order valence-electron chi connectivity index (χ0n) is 16.0. The number of hydrogen-bond acceptors (Lipinski definition) is 1. The molecule has 0 aromatic heterocycles. The van der Waals surface area contributed by atoms with Crippen molar-refractivity contribution in [3.8, 4) is 0 Å². The molecule has 1 atom stereocenters. The number of hydrogen-bond donors (Lipinski definition) is 1. The average molecular weight is 328 g/mol. The first-order valence-corrected chi connectivity index (χ1v) is 12.0.